The molecule has 0 atom stereocenters. The Morgan fingerprint density at radius 2 is 1.89 bits per heavy atom. The molecule has 0 radical (unpaired) electrons. The van der Waals surface area contributed by atoms with E-state index in [0.29, 0.717) is 10.6 Å². The zero-order valence-corrected chi connectivity index (χ0v) is 11.1. The third-order valence-corrected chi connectivity index (χ3v) is 3.60. The van der Waals surface area contributed by atoms with Crippen LogP contribution in [0.3, 0.4) is 0 Å². The topological polar surface area (TPSA) is 84.2 Å². The average molecular weight is 275 g/mol. The summed E-state index contributed by atoms with van der Waals surface area (Å²) in [5, 5.41) is 5.46. The molecule has 0 fully saturated rings. The number of rotatable bonds is 3. The molecule has 1 aromatic carbocycles. The molecule has 19 heavy (non-hydrogen) atoms. The van der Waals surface area contributed by atoms with Crippen molar-refractivity contribution in [2.75, 3.05) is 12.4 Å². The minimum Gasteiger partial charge on any atom is -0.355 e. The van der Waals surface area contributed by atoms with Gasteiger partial charge in [-0.15, -0.1) is 11.3 Å². The first kappa shape index (κ1) is 13.1. The van der Waals surface area contributed by atoms with Crippen LogP contribution in [0.5, 0.6) is 0 Å². The zero-order chi connectivity index (χ0) is 13.8. The number of benzene rings is 1. The predicted octanol–water partition coefficient (Wildman–Crippen LogP) is 2.27. The van der Waals surface area contributed by atoms with E-state index >= 15 is 0 Å². The van der Waals surface area contributed by atoms with E-state index in [9.17, 15) is 9.59 Å². The van der Waals surface area contributed by atoms with E-state index < -0.39 is 6.03 Å². The van der Waals surface area contributed by atoms with Crippen LogP contribution in [0.4, 0.5) is 9.80 Å². The Kier molecular flexibility index (Phi) is 3.82. The van der Waals surface area contributed by atoms with Crippen LogP contribution in [0.15, 0.2) is 36.4 Å². The Morgan fingerprint density at radius 3 is 2.47 bits per heavy atom. The number of amides is 3. The smallest absolute Gasteiger partial charge is 0.317 e. The Labute approximate surface area is 114 Å². The predicted molar refractivity (Wildman–Crippen MR) is 76.4 cm³/mol. The molecule has 6 heteroatoms. The summed E-state index contributed by atoms with van der Waals surface area (Å²) >= 11 is 1.31. The molecule has 5 nitrogen and oxygen atoms in total. The highest BCUT2D eigenvalue weighted by atomic mass is 32.1. The molecule has 0 aliphatic heterocycles. The van der Waals surface area contributed by atoms with Gasteiger partial charge in [-0.05, 0) is 11.6 Å². The van der Waals surface area contributed by atoms with Gasteiger partial charge in [0.2, 0.25) is 0 Å². The second-order valence-electron chi connectivity index (χ2n) is 3.79. The summed E-state index contributed by atoms with van der Waals surface area (Å²) in [5.41, 5.74) is 6.50. The summed E-state index contributed by atoms with van der Waals surface area (Å²) in [5.74, 6) is -0.262. The van der Waals surface area contributed by atoms with Crippen molar-refractivity contribution in [3.63, 3.8) is 0 Å². The summed E-state index contributed by atoms with van der Waals surface area (Å²) in [6.07, 6.45) is 0. The maximum atomic E-state index is 11.8. The molecule has 0 unspecified atom stereocenters. The van der Waals surface area contributed by atoms with Crippen LogP contribution in [-0.4, -0.2) is 19.0 Å². The zero-order valence-electron chi connectivity index (χ0n) is 10.3. The summed E-state index contributed by atoms with van der Waals surface area (Å²) in [6, 6.07) is 10.7. The van der Waals surface area contributed by atoms with Crippen LogP contribution in [0, 0.1) is 0 Å². The third kappa shape index (κ3) is 2.92. The maximum absolute atomic E-state index is 11.8. The van der Waals surface area contributed by atoms with Crippen LogP contribution in [0.1, 0.15) is 10.4 Å². The van der Waals surface area contributed by atoms with E-state index in [1.54, 1.807) is 6.07 Å². The minimum absolute atomic E-state index is 0.262. The number of anilines is 1. The number of hydrogen-bond acceptors (Lipinski definition) is 3. The molecule has 4 N–H and O–H groups in total. The van der Waals surface area contributed by atoms with Gasteiger partial charge in [-0.3, -0.25) is 10.1 Å². The molecule has 0 aliphatic rings. The summed E-state index contributed by atoms with van der Waals surface area (Å²) in [6.45, 7) is 0. The molecule has 2 aromatic rings. The van der Waals surface area contributed by atoms with Crippen molar-refractivity contribution in [3.8, 4) is 10.4 Å². The summed E-state index contributed by atoms with van der Waals surface area (Å²) in [4.78, 5) is 23.6. The van der Waals surface area contributed by atoms with Crippen molar-refractivity contribution in [2.45, 2.75) is 0 Å². The first-order valence-electron chi connectivity index (χ1n) is 5.59. The highest BCUT2D eigenvalue weighted by molar-refractivity contribution is 7.20. The molecule has 3 amide bonds. The number of hydrogen-bond donors (Lipinski definition) is 3. The van der Waals surface area contributed by atoms with Gasteiger partial charge in [0.25, 0.3) is 5.91 Å². The van der Waals surface area contributed by atoms with Gasteiger partial charge < -0.3 is 11.1 Å². The average Bonchev–Trinajstić information content (AvgIpc) is 2.82. The Bertz CT molecular complexity index is 608. The second-order valence-corrected chi connectivity index (χ2v) is 4.84. The molecule has 1 aromatic heterocycles. The first-order valence-corrected chi connectivity index (χ1v) is 6.41. The van der Waals surface area contributed by atoms with Crippen LogP contribution in [0.25, 0.3) is 10.4 Å². The van der Waals surface area contributed by atoms with Gasteiger partial charge in [-0.2, -0.15) is 0 Å². The van der Waals surface area contributed by atoms with E-state index in [0.717, 1.165) is 10.4 Å². The normalized spacial score (nSPS) is 9.95. The van der Waals surface area contributed by atoms with E-state index in [1.165, 1.54) is 18.4 Å². The van der Waals surface area contributed by atoms with Crippen LogP contribution in [-0.2, 0) is 0 Å². The van der Waals surface area contributed by atoms with Gasteiger partial charge in [0.1, 0.15) is 5.00 Å². The fraction of sp³-hybridized carbons (Fsp3) is 0.0769. The SMILES string of the molecule is CNC(=O)c1cc(-c2ccccc2)sc1NC(N)=O. The summed E-state index contributed by atoms with van der Waals surface area (Å²) < 4.78 is 0. The van der Waals surface area contributed by atoms with E-state index in [-0.39, 0.29) is 5.91 Å². The van der Waals surface area contributed by atoms with E-state index in [2.05, 4.69) is 10.6 Å². The molecule has 0 spiro atoms. The highest BCUT2D eigenvalue weighted by Gasteiger charge is 2.16. The lowest BCUT2D eigenvalue weighted by molar-refractivity contribution is 0.0964. The van der Waals surface area contributed by atoms with Crippen molar-refractivity contribution in [1.82, 2.24) is 5.32 Å². The largest absolute Gasteiger partial charge is 0.355 e. The Hall–Kier alpha value is -2.34. The Morgan fingerprint density at radius 1 is 1.21 bits per heavy atom. The maximum Gasteiger partial charge on any atom is 0.317 e. The van der Waals surface area contributed by atoms with Crippen LogP contribution < -0.4 is 16.4 Å². The number of carbonyl (C=O) groups is 2. The molecule has 2 rings (SSSR count). The van der Waals surface area contributed by atoms with Gasteiger partial charge in [-0.25, -0.2) is 4.79 Å². The molecule has 0 saturated carbocycles. The monoisotopic (exact) mass is 275 g/mol. The summed E-state index contributed by atoms with van der Waals surface area (Å²) in [7, 11) is 1.54. The number of urea groups is 1. The standard InChI is InChI=1S/C13H13N3O2S/c1-15-11(17)9-7-10(8-5-3-2-4-6-8)19-12(9)16-13(14)18/h2-7H,1H3,(H,15,17)(H3,14,16,18). The number of nitrogens with two attached hydrogens (primary N) is 1. The quantitative estimate of drug-likeness (QED) is 0.802. The Balaban J connectivity index is 2.45. The lowest BCUT2D eigenvalue weighted by Crippen LogP contribution is -2.22. The van der Waals surface area contributed by atoms with Gasteiger partial charge in [0.15, 0.2) is 0 Å². The lowest BCUT2D eigenvalue weighted by Gasteiger charge is -2.01. The fourth-order valence-electron chi connectivity index (χ4n) is 1.64. The molecule has 1 heterocycles. The van der Waals surface area contributed by atoms with Crippen molar-refractivity contribution >= 4 is 28.3 Å². The minimum atomic E-state index is -0.688. The van der Waals surface area contributed by atoms with Gasteiger partial charge in [-0.1, -0.05) is 30.3 Å². The van der Waals surface area contributed by atoms with E-state index in [4.69, 9.17) is 5.73 Å². The number of carbonyl (C=O) groups excluding carboxylic acids is 2. The number of nitrogens with one attached hydrogen (secondary N) is 2. The lowest BCUT2D eigenvalue weighted by atomic mass is 10.1. The molecule has 0 bridgehead atoms. The second kappa shape index (κ2) is 5.53. The highest BCUT2D eigenvalue weighted by Crippen LogP contribution is 2.35. The van der Waals surface area contributed by atoms with Crippen molar-refractivity contribution in [2.24, 2.45) is 5.73 Å². The number of thiophene rings is 1. The van der Waals surface area contributed by atoms with Gasteiger partial charge >= 0.3 is 6.03 Å². The van der Waals surface area contributed by atoms with Crippen LogP contribution in [0.2, 0.25) is 0 Å². The molecular formula is C13H13N3O2S. The van der Waals surface area contributed by atoms with Crippen molar-refractivity contribution in [3.05, 3.63) is 42.0 Å². The van der Waals surface area contributed by atoms with Gasteiger partial charge in [0.05, 0.1) is 5.56 Å². The van der Waals surface area contributed by atoms with Crippen molar-refractivity contribution < 1.29 is 9.59 Å². The van der Waals surface area contributed by atoms with E-state index in [1.807, 2.05) is 30.3 Å². The first-order chi connectivity index (χ1) is 9.11. The van der Waals surface area contributed by atoms with Crippen molar-refractivity contribution in [1.29, 1.82) is 0 Å². The molecular weight excluding hydrogens is 262 g/mol. The van der Waals surface area contributed by atoms with Gasteiger partial charge in [0, 0.05) is 11.9 Å². The third-order valence-electron chi connectivity index (χ3n) is 2.50. The molecule has 0 saturated heterocycles. The number of primary amides is 1. The molecule has 0 aliphatic carbocycles. The molecule has 98 valence electrons. The fourth-order valence-corrected chi connectivity index (χ4v) is 2.71. The van der Waals surface area contributed by atoms with Crippen LogP contribution >= 0.6 is 11.3 Å².